The molecule has 2 aliphatic carbocycles. The Morgan fingerprint density at radius 2 is 1.14 bits per heavy atom. The zero-order chi connectivity index (χ0) is 56.4. The topological polar surface area (TPSA) is 171 Å². The summed E-state index contributed by atoms with van der Waals surface area (Å²) in [6.07, 6.45) is 15.5. The maximum atomic E-state index is 13.0. The molecule has 2 aliphatic rings. The summed E-state index contributed by atoms with van der Waals surface area (Å²) in [4.78, 5) is 42.6. The van der Waals surface area contributed by atoms with Crippen molar-refractivity contribution in [1.82, 2.24) is 39.7 Å². The molecular formula is C64H68N12O5. The third-order valence-corrected chi connectivity index (χ3v) is 14.3. The standard InChI is InChI=1S/C36H38N6O3.C28H30N6O2/c1-25-10-16-31(17-11-25)45-32-20-21-37-36-34(32)35(39-42(36)24-26-12-18-30(44-4)19-13-26)38-27-7-5-8-29(23-27)41(3)33(43)9-6-22-40(2)28-14-15-28;1-19-9-13-23(14-10-19)36-24-15-16-29-27-26(24)28(32-31-27)30-20-6-4-7-22(18-20)34(3)25(35)8-5-17-33(2)21-11-12-21/h5-13,16-21,23,28H,14-15,22,24H2,1-4H3,(H,38,39);4-10,13-16,18,21H,11-12,17H2,1-3H3,(H2,29,30,31,32)/b9-6+;8-5+. The van der Waals surface area contributed by atoms with Gasteiger partial charge < -0.3 is 34.6 Å². The quantitative estimate of drug-likeness (QED) is 0.0581. The van der Waals surface area contributed by atoms with Crippen LogP contribution in [0, 0.1) is 13.8 Å². The smallest absolute Gasteiger partial charge is 0.250 e. The molecular weight excluding hydrogens is 1020 g/mol. The fraction of sp³-hybridized carbons (Fsp3) is 0.250. The van der Waals surface area contributed by atoms with E-state index in [9.17, 15) is 9.59 Å². The van der Waals surface area contributed by atoms with E-state index in [1.807, 2.05) is 164 Å². The number of hydrogen-bond donors (Lipinski definition) is 3. The number of H-pyrrole nitrogens is 1. The first-order valence-corrected chi connectivity index (χ1v) is 27.2. The Bertz CT molecular complexity index is 3680. The summed E-state index contributed by atoms with van der Waals surface area (Å²) in [5.74, 6) is 4.64. The number of likely N-dealkylation sites (N-methyl/N-ethyl adjacent to an activating group) is 4. The lowest BCUT2D eigenvalue weighted by Crippen LogP contribution is -2.25. The van der Waals surface area contributed by atoms with Gasteiger partial charge in [-0.15, -0.1) is 0 Å². The minimum atomic E-state index is -0.0800. The zero-order valence-corrected chi connectivity index (χ0v) is 46.8. The van der Waals surface area contributed by atoms with E-state index in [0.717, 1.165) is 80.6 Å². The second kappa shape index (κ2) is 25.2. The Morgan fingerprint density at radius 1 is 0.630 bits per heavy atom. The number of benzene rings is 5. The highest BCUT2D eigenvalue weighted by atomic mass is 16.5. The van der Waals surface area contributed by atoms with Crippen LogP contribution < -0.4 is 34.6 Å². The van der Waals surface area contributed by atoms with Crippen LogP contribution in [0.25, 0.3) is 22.1 Å². The molecule has 0 atom stereocenters. The van der Waals surface area contributed by atoms with Gasteiger partial charge >= 0.3 is 0 Å². The molecule has 17 heteroatoms. The van der Waals surface area contributed by atoms with Gasteiger partial charge in [0.15, 0.2) is 17.1 Å². The van der Waals surface area contributed by atoms with Gasteiger partial charge in [-0.3, -0.25) is 24.5 Å². The summed E-state index contributed by atoms with van der Waals surface area (Å²) >= 11 is 0. The van der Waals surface area contributed by atoms with Crippen LogP contribution in [-0.4, -0.2) is 112 Å². The number of aromatic nitrogens is 6. The van der Waals surface area contributed by atoms with Crippen LogP contribution >= 0.6 is 0 Å². The number of nitrogens with zero attached hydrogens (tertiary/aromatic N) is 9. The molecule has 4 aromatic heterocycles. The van der Waals surface area contributed by atoms with Crippen LogP contribution in [0.2, 0.25) is 0 Å². The highest BCUT2D eigenvalue weighted by Crippen LogP contribution is 2.38. The summed E-state index contributed by atoms with van der Waals surface area (Å²) in [6.45, 7) is 6.13. The maximum Gasteiger partial charge on any atom is 0.250 e. The van der Waals surface area contributed by atoms with Crippen LogP contribution in [0.4, 0.5) is 34.4 Å². The summed E-state index contributed by atoms with van der Waals surface area (Å²) < 4.78 is 19.7. The van der Waals surface area contributed by atoms with E-state index in [0.29, 0.717) is 53.1 Å². The number of methoxy groups -OCH3 is 1. The Morgan fingerprint density at radius 3 is 1.67 bits per heavy atom. The highest BCUT2D eigenvalue weighted by molar-refractivity contribution is 6.02. The highest BCUT2D eigenvalue weighted by Gasteiger charge is 2.26. The van der Waals surface area contributed by atoms with Crippen molar-refractivity contribution < 1.29 is 23.8 Å². The molecule has 2 saturated carbocycles. The van der Waals surface area contributed by atoms with Gasteiger partial charge in [0, 0.05) is 98.7 Å². The number of aryl methyl sites for hydroxylation is 2. The molecule has 81 heavy (non-hydrogen) atoms. The number of pyridine rings is 2. The molecule has 2 fully saturated rings. The van der Waals surface area contributed by atoms with E-state index in [1.54, 1.807) is 55.6 Å². The third kappa shape index (κ3) is 14.1. The van der Waals surface area contributed by atoms with Gasteiger partial charge in [0.2, 0.25) is 11.8 Å². The molecule has 414 valence electrons. The van der Waals surface area contributed by atoms with Crippen molar-refractivity contribution in [1.29, 1.82) is 0 Å². The van der Waals surface area contributed by atoms with E-state index >= 15 is 0 Å². The Hall–Kier alpha value is -9.32. The van der Waals surface area contributed by atoms with Crippen molar-refractivity contribution in [3.63, 3.8) is 0 Å². The molecule has 4 heterocycles. The number of carbonyl (C=O) groups is 2. The summed E-state index contributed by atoms with van der Waals surface area (Å²) in [7, 11) is 9.41. The number of aromatic amines is 1. The Balaban J connectivity index is 0.000000186. The third-order valence-electron chi connectivity index (χ3n) is 14.3. The Kier molecular flexibility index (Phi) is 17.1. The predicted octanol–water partition coefficient (Wildman–Crippen LogP) is 12.4. The van der Waals surface area contributed by atoms with E-state index in [4.69, 9.17) is 24.3 Å². The average molecular weight is 1090 g/mol. The SMILES string of the molecule is COc1ccc(Cn2nc(Nc3cccc(N(C)C(=O)/C=C/CN(C)C4CC4)c3)c3c(Oc4ccc(C)cc4)ccnc32)cc1.Cc1ccc(Oc2ccnc3n[nH]c(Nc4cccc(N(C)C(=O)/C=C/CN(C)C5CC5)c4)c23)cc1. The van der Waals surface area contributed by atoms with Crippen molar-refractivity contribution >= 4 is 68.3 Å². The first-order valence-electron chi connectivity index (χ1n) is 27.2. The van der Waals surface area contributed by atoms with E-state index in [2.05, 4.69) is 49.7 Å². The Labute approximate surface area is 472 Å². The number of nitrogens with one attached hydrogen (secondary N) is 3. The maximum absolute atomic E-state index is 13.0. The van der Waals surface area contributed by atoms with Gasteiger partial charge in [-0.05, 0) is 132 Å². The molecule has 0 spiro atoms. The number of ether oxygens (including phenoxy) is 3. The van der Waals surface area contributed by atoms with Crippen LogP contribution in [0.5, 0.6) is 28.7 Å². The van der Waals surface area contributed by atoms with Gasteiger partial charge in [0.1, 0.15) is 45.3 Å². The second-order valence-corrected chi connectivity index (χ2v) is 20.6. The molecule has 0 saturated heterocycles. The fourth-order valence-corrected chi connectivity index (χ4v) is 9.13. The largest absolute Gasteiger partial charge is 0.497 e. The van der Waals surface area contributed by atoms with Gasteiger partial charge in [-0.2, -0.15) is 10.2 Å². The molecule has 0 bridgehead atoms. The summed E-state index contributed by atoms with van der Waals surface area (Å²) in [5.41, 5.74) is 7.74. The first-order chi connectivity index (χ1) is 39.3. The fourth-order valence-electron chi connectivity index (χ4n) is 9.13. The molecule has 2 amide bonds. The van der Waals surface area contributed by atoms with Crippen LogP contribution in [-0.2, 0) is 16.1 Å². The van der Waals surface area contributed by atoms with Crippen molar-refractivity contribution in [3.8, 4) is 28.7 Å². The minimum Gasteiger partial charge on any atom is -0.497 e. The van der Waals surface area contributed by atoms with Gasteiger partial charge in [0.25, 0.3) is 0 Å². The van der Waals surface area contributed by atoms with Crippen molar-refractivity contribution in [2.75, 3.05) is 68.8 Å². The molecule has 11 rings (SSSR count). The molecule has 0 aliphatic heterocycles. The van der Waals surface area contributed by atoms with Crippen LogP contribution in [0.15, 0.2) is 170 Å². The van der Waals surface area contributed by atoms with Crippen molar-refractivity contribution in [3.05, 3.63) is 187 Å². The number of fused-ring (bicyclic) bond motifs is 2. The number of amides is 2. The van der Waals surface area contributed by atoms with Crippen molar-refractivity contribution in [2.24, 2.45) is 0 Å². The minimum absolute atomic E-state index is 0.0682. The van der Waals surface area contributed by atoms with Gasteiger partial charge in [-0.1, -0.05) is 71.8 Å². The second-order valence-electron chi connectivity index (χ2n) is 20.6. The van der Waals surface area contributed by atoms with E-state index in [1.165, 1.54) is 25.7 Å². The molecule has 3 N–H and O–H groups in total. The monoisotopic (exact) mass is 1080 g/mol. The van der Waals surface area contributed by atoms with E-state index < -0.39 is 0 Å². The molecule has 17 nitrogen and oxygen atoms in total. The molecule has 5 aromatic carbocycles. The summed E-state index contributed by atoms with van der Waals surface area (Å²) in [6, 6.07) is 44.1. The lowest BCUT2D eigenvalue weighted by Gasteiger charge is -2.17. The zero-order valence-electron chi connectivity index (χ0n) is 46.8. The molecule has 0 radical (unpaired) electrons. The van der Waals surface area contributed by atoms with Crippen LogP contribution in [0.1, 0.15) is 42.4 Å². The number of rotatable bonds is 21. The lowest BCUT2D eigenvalue weighted by atomic mass is 10.2. The van der Waals surface area contributed by atoms with Gasteiger partial charge in [0.05, 0.1) is 13.7 Å². The van der Waals surface area contributed by atoms with Gasteiger partial charge in [-0.25, -0.2) is 14.6 Å². The first kappa shape index (κ1) is 55.0. The summed E-state index contributed by atoms with van der Waals surface area (Å²) in [5, 5.41) is 20.7. The predicted molar refractivity (Wildman–Crippen MR) is 322 cm³/mol. The molecule has 9 aromatic rings. The number of carbonyl (C=O) groups excluding carboxylic acids is 2. The average Bonchev–Trinajstić information content (AvgIpc) is 4.62. The number of hydrogen-bond acceptors (Lipinski definition) is 13. The number of anilines is 6. The normalized spacial score (nSPS) is 13.2. The van der Waals surface area contributed by atoms with Crippen molar-refractivity contribution in [2.45, 2.75) is 58.2 Å². The molecule has 0 unspecified atom stereocenters. The van der Waals surface area contributed by atoms with E-state index in [-0.39, 0.29) is 11.8 Å². The van der Waals surface area contributed by atoms with Crippen LogP contribution in [0.3, 0.4) is 0 Å². The lowest BCUT2D eigenvalue weighted by molar-refractivity contribution is -0.114.